The largest absolute Gasteiger partial charge is 0.392 e. The maximum absolute atomic E-state index is 9.36. The van der Waals surface area contributed by atoms with Crippen molar-refractivity contribution in [2.75, 3.05) is 6.54 Å². The van der Waals surface area contributed by atoms with Crippen LogP contribution in [-0.2, 0) is 0 Å². The monoisotopic (exact) mass is 169 g/mol. The number of aliphatic hydroxyl groups excluding tert-OH is 1. The number of aliphatic hydroxyl groups is 1. The minimum atomic E-state index is -0.252. The number of rotatable bonds is 6. The Hall–Kier alpha value is -0.520. The summed E-state index contributed by atoms with van der Waals surface area (Å²) in [4.78, 5) is 0. The molecule has 0 amide bonds. The molecular formula is C10H19NO. The van der Waals surface area contributed by atoms with Gasteiger partial charge in [-0.15, -0.1) is 6.42 Å². The number of nitrogens with one attached hydrogen (secondary N) is 1. The Kier molecular flexibility index (Phi) is 6.84. The molecule has 0 aliphatic carbocycles. The zero-order valence-corrected chi connectivity index (χ0v) is 8.01. The molecule has 0 saturated carbocycles. The molecule has 0 aromatic heterocycles. The SMILES string of the molecule is C#CC(CC)NCC(O)CCC. The Morgan fingerprint density at radius 3 is 2.58 bits per heavy atom. The van der Waals surface area contributed by atoms with Crippen LogP contribution >= 0.6 is 0 Å². The van der Waals surface area contributed by atoms with E-state index in [0.717, 1.165) is 19.3 Å². The average molecular weight is 169 g/mol. The Morgan fingerprint density at radius 2 is 2.17 bits per heavy atom. The molecule has 0 bridgehead atoms. The summed E-state index contributed by atoms with van der Waals surface area (Å²) in [6.45, 7) is 4.70. The van der Waals surface area contributed by atoms with Crippen molar-refractivity contribution in [1.29, 1.82) is 0 Å². The topological polar surface area (TPSA) is 32.3 Å². The van der Waals surface area contributed by atoms with Gasteiger partial charge in [0.05, 0.1) is 12.1 Å². The van der Waals surface area contributed by atoms with Crippen LogP contribution in [0.1, 0.15) is 33.1 Å². The van der Waals surface area contributed by atoms with E-state index in [0.29, 0.717) is 6.54 Å². The molecule has 0 heterocycles. The fraction of sp³-hybridized carbons (Fsp3) is 0.800. The number of hydrogen-bond acceptors (Lipinski definition) is 2. The molecule has 0 spiro atoms. The first kappa shape index (κ1) is 11.5. The van der Waals surface area contributed by atoms with Crippen LogP contribution in [0.3, 0.4) is 0 Å². The highest BCUT2D eigenvalue weighted by Crippen LogP contribution is 1.95. The maximum atomic E-state index is 9.36. The van der Waals surface area contributed by atoms with E-state index in [1.807, 2.05) is 6.92 Å². The zero-order chi connectivity index (χ0) is 9.40. The van der Waals surface area contributed by atoms with Gasteiger partial charge in [-0.25, -0.2) is 0 Å². The van der Waals surface area contributed by atoms with Crippen molar-refractivity contribution in [2.45, 2.75) is 45.3 Å². The molecule has 0 fully saturated rings. The third-order valence-corrected chi connectivity index (χ3v) is 1.83. The van der Waals surface area contributed by atoms with Gasteiger partial charge in [-0.05, 0) is 12.8 Å². The lowest BCUT2D eigenvalue weighted by molar-refractivity contribution is 0.158. The first-order valence-corrected chi connectivity index (χ1v) is 4.62. The summed E-state index contributed by atoms with van der Waals surface area (Å²) in [6, 6.07) is 0.108. The third-order valence-electron chi connectivity index (χ3n) is 1.83. The molecule has 0 rings (SSSR count). The molecule has 0 aromatic carbocycles. The van der Waals surface area contributed by atoms with Gasteiger partial charge < -0.3 is 10.4 Å². The van der Waals surface area contributed by atoms with Crippen molar-refractivity contribution >= 4 is 0 Å². The van der Waals surface area contributed by atoms with Gasteiger partial charge in [-0.3, -0.25) is 0 Å². The Bertz CT molecular complexity index is 139. The van der Waals surface area contributed by atoms with E-state index in [2.05, 4.69) is 18.2 Å². The molecule has 0 saturated heterocycles. The van der Waals surface area contributed by atoms with Crippen LogP contribution in [0.25, 0.3) is 0 Å². The van der Waals surface area contributed by atoms with Gasteiger partial charge in [-0.2, -0.15) is 0 Å². The third kappa shape index (κ3) is 5.17. The summed E-state index contributed by atoms with van der Waals surface area (Å²) in [5.74, 6) is 2.63. The van der Waals surface area contributed by atoms with E-state index in [1.165, 1.54) is 0 Å². The smallest absolute Gasteiger partial charge is 0.0685 e. The van der Waals surface area contributed by atoms with Crippen LogP contribution in [0, 0.1) is 12.3 Å². The van der Waals surface area contributed by atoms with Gasteiger partial charge in [0.25, 0.3) is 0 Å². The molecule has 2 N–H and O–H groups in total. The first-order valence-electron chi connectivity index (χ1n) is 4.62. The number of hydrogen-bond donors (Lipinski definition) is 2. The van der Waals surface area contributed by atoms with Gasteiger partial charge >= 0.3 is 0 Å². The van der Waals surface area contributed by atoms with E-state index in [4.69, 9.17) is 6.42 Å². The zero-order valence-electron chi connectivity index (χ0n) is 8.01. The summed E-state index contributed by atoms with van der Waals surface area (Å²) in [5.41, 5.74) is 0. The summed E-state index contributed by atoms with van der Waals surface area (Å²) in [7, 11) is 0. The second kappa shape index (κ2) is 7.15. The van der Waals surface area contributed by atoms with E-state index in [1.54, 1.807) is 0 Å². The van der Waals surface area contributed by atoms with E-state index in [9.17, 15) is 5.11 Å². The molecule has 0 radical (unpaired) electrons. The summed E-state index contributed by atoms with van der Waals surface area (Å²) in [5, 5.41) is 12.5. The molecule has 2 heteroatoms. The van der Waals surface area contributed by atoms with Crippen LogP contribution < -0.4 is 5.32 Å². The van der Waals surface area contributed by atoms with Crippen LogP contribution in [-0.4, -0.2) is 23.8 Å². The van der Waals surface area contributed by atoms with Crippen LogP contribution in [0.15, 0.2) is 0 Å². The fourth-order valence-corrected chi connectivity index (χ4v) is 1.03. The summed E-state index contributed by atoms with van der Waals surface area (Å²) in [6.07, 6.45) is 7.76. The van der Waals surface area contributed by atoms with Crippen molar-refractivity contribution < 1.29 is 5.11 Å². The summed E-state index contributed by atoms with van der Waals surface area (Å²) >= 11 is 0. The lowest BCUT2D eigenvalue weighted by atomic mass is 10.2. The van der Waals surface area contributed by atoms with Crippen LogP contribution in [0.2, 0.25) is 0 Å². The normalized spacial score (nSPS) is 15.2. The van der Waals surface area contributed by atoms with Crippen molar-refractivity contribution in [3.63, 3.8) is 0 Å². The number of terminal acetylenes is 1. The van der Waals surface area contributed by atoms with Gasteiger partial charge in [0.15, 0.2) is 0 Å². The van der Waals surface area contributed by atoms with Crippen molar-refractivity contribution in [1.82, 2.24) is 5.32 Å². The van der Waals surface area contributed by atoms with Gasteiger partial charge in [0.1, 0.15) is 0 Å². The van der Waals surface area contributed by atoms with E-state index in [-0.39, 0.29) is 12.1 Å². The van der Waals surface area contributed by atoms with E-state index >= 15 is 0 Å². The minimum absolute atomic E-state index is 0.108. The van der Waals surface area contributed by atoms with Crippen LogP contribution in [0.5, 0.6) is 0 Å². The predicted molar refractivity (Wildman–Crippen MR) is 51.8 cm³/mol. The molecule has 0 aromatic rings. The Morgan fingerprint density at radius 1 is 1.50 bits per heavy atom. The van der Waals surface area contributed by atoms with Gasteiger partial charge in [0, 0.05) is 6.54 Å². The molecule has 2 atom stereocenters. The second-order valence-corrected chi connectivity index (χ2v) is 2.98. The highest BCUT2D eigenvalue weighted by molar-refractivity contribution is 4.97. The standard InChI is InChI=1S/C10H19NO/c1-4-7-10(12)8-11-9(5-2)6-3/h2,9-12H,4,6-8H2,1,3H3. The lowest BCUT2D eigenvalue weighted by Gasteiger charge is -2.14. The molecular weight excluding hydrogens is 150 g/mol. The second-order valence-electron chi connectivity index (χ2n) is 2.98. The Balaban J connectivity index is 3.46. The van der Waals surface area contributed by atoms with Gasteiger partial charge in [-0.1, -0.05) is 26.2 Å². The average Bonchev–Trinajstić information content (AvgIpc) is 2.07. The summed E-state index contributed by atoms with van der Waals surface area (Å²) < 4.78 is 0. The molecule has 70 valence electrons. The minimum Gasteiger partial charge on any atom is -0.392 e. The highest BCUT2D eigenvalue weighted by Gasteiger charge is 2.05. The van der Waals surface area contributed by atoms with E-state index < -0.39 is 0 Å². The van der Waals surface area contributed by atoms with Crippen molar-refractivity contribution in [3.8, 4) is 12.3 Å². The Labute approximate surface area is 75.4 Å². The van der Waals surface area contributed by atoms with Gasteiger partial charge in [0.2, 0.25) is 0 Å². The molecule has 0 aliphatic heterocycles. The molecule has 12 heavy (non-hydrogen) atoms. The molecule has 2 nitrogen and oxygen atoms in total. The van der Waals surface area contributed by atoms with Crippen molar-refractivity contribution in [3.05, 3.63) is 0 Å². The molecule has 0 aliphatic rings. The molecule has 2 unspecified atom stereocenters. The quantitative estimate of drug-likeness (QED) is 0.585. The fourth-order valence-electron chi connectivity index (χ4n) is 1.03. The van der Waals surface area contributed by atoms with Crippen molar-refractivity contribution in [2.24, 2.45) is 0 Å². The highest BCUT2D eigenvalue weighted by atomic mass is 16.3. The predicted octanol–water partition coefficient (Wildman–Crippen LogP) is 1.15. The first-order chi connectivity index (χ1) is 5.74. The maximum Gasteiger partial charge on any atom is 0.0685 e. The lowest BCUT2D eigenvalue weighted by Crippen LogP contribution is -2.34. The van der Waals surface area contributed by atoms with Crippen LogP contribution in [0.4, 0.5) is 0 Å².